The normalized spacial score (nSPS) is 13.5. The predicted molar refractivity (Wildman–Crippen MR) is 82.6 cm³/mol. The van der Waals surface area contributed by atoms with Gasteiger partial charge in [-0.1, -0.05) is 13.0 Å². The van der Waals surface area contributed by atoms with E-state index in [9.17, 15) is 13.5 Å². The number of aromatic nitrogens is 1. The first kappa shape index (κ1) is 15.9. The van der Waals surface area contributed by atoms with Gasteiger partial charge in [-0.15, -0.1) is 0 Å². The molecule has 2 rings (SSSR count). The molecule has 0 amide bonds. The molecule has 6 heteroatoms. The lowest BCUT2D eigenvalue weighted by Crippen LogP contribution is -2.27. The zero-order valence-corrected chi connectivity index (χ0v) is 13.0. The minimum absolute atomic E-state index is 0.215. The molecule has 0 bridgehead atoms. The van der Waals surface area contributed by atoms with Crippen LogP contribution < -0.4 is 4.72 Å². The maximum Gasteiger partial charge on any atom is 0.241 e. The summed E-state index contributed by atoms with van der Waals surface area (Å²) in [6, 6.07) is 6.83. The molecule has 2 N–H and O–H groups in total. The molecule has 1 atom stereocenters. The van der Waals surface area contributed by atoms with Gasteiger partial charge in [0.2, 0.25) is 10.0 Å². The predicted octanol–water partition coefficient (Wildman–Crippen LogP) is 1.98. The van der Waals surface area contributed by atoms with Crippen LogP contribution >= 0.6 is 0 Å². The Hall–Kier alpha value is -1.50. The Kier molecular flexibility index (Phi) is 4.92. The molecule has 0 aliphatic heterocycles. The maximum atomic E-state index is 12.4. The van der Waals surface area contributed by atoms with E-state index in [1.807, 2.05) is 13.8 Å². The van der Waals surface area contributed by atoms with Crippen LogP contribution in [0.1, 0.15) is 25.3 Å². The fourth-order valence-corrected chi connectivity index (χ4v) is 3.41. The highest BCUT2D eigenvalue weighted by atomic mass is 32.2. The molecule has 1 heterocycles. The van der Waals surface area contributed by atoms with Crippen molar-refractivity contribution in [3.05, 3.63) is 36.0 Å². The van der Waals surface area contributed by atoms with Crippen LogP contribution in [0.5, 0.6) is 0 Å². The van der Waals surface area contributed by atoms with Crippen LogP contribution in [0.4, 0.5) is 0 Å². The van der Waals surface area contributed by atoms with Gasteiger partial charge in [0.25, 0.3) is 0 Å². The second-order valence-corrected chi connectivity index (χ2v) is 6.76. The first-order valence-electron chi connectivity index (χ1n) is 6.97. The molecule has 0 saturated carbocycles. The van der Waals surface area contributed by atoms with Crippen molar-refractivity contribution >= 4 is 20.9 Å². The number of nitrogens with zero attached hydrogens (tertiary/aromatic N) is 1. The quantitative estimate of drug-likeness (QED) is 0.855. The monoisotopic (exact) mass is 308 g/mol. The Bertz CT molecular complexity index is 729. The minimum Gasteiger partial charge on any atom is -0.393 e. The van der Waals surface area contributed by atoms with E-state index in [4.69, 9.17) is 0 Å². The number of hydrogen-bond donors (Lipinski definition) is 2. The summed E-state index contributed by atoms with van der Waals surface area (Å²) in [6.45, 7) is 3.97. The summed E-state index contributed by atoms with van der Waals surface area (Å²) in [4.78, 5) is 4.47. The third kappa shape index (κ3) is 3.58. The van der Waals surface area contributed by atoms with Crippen molar-refractivity contribution in [3.8, 4) is 0 Å². The Morgan fingerprint density at radius 3 is 2.81 bits per heavy atom. The van der Waals surface area contributed by atoms with E-state index in [1.54, 1.807) is 30.5 Å². The van der Waals surface area contributed by atoms with Crippen molar-refractivity contribution in [2.75, 3.05) is 6.54 Å². The molecule has 2 aromatic rings. The molecule has 21 heavy (non-hydrogen) atoms. The summed E-state index contributed by atoms with van der Waals surface area (Å²) in [5, 5.41) is 10.1. The number of hydrogen-bond acceptors (Lipinski definition) is 4. The van der Waals surface area contributed by atoms with Crippen LogP contribution in [-0.2, 0) is 10.0 Å². The molecule has 1 unspecified atom stereocenters. The highest BCUT2D eigenvalue weighted by molar-refractivity contribution is 7.89. The highest BCUT2D eigenvalue weighted by Crippen LogP contribution is 2.23. The van der Waals surface area contributed by atoms with Gasteiger partial charge in [-0.2, -0.15) is 0 Å². The zero-order chi connectivity index (χ0) is 15.5. The lowest BCUT2D eigenvalue weighted by molar-refractivity contribution is 0.162. The number of pyridine rings is 1. The van der Waals surface area contributed by atoms with Gasteiger partial charge < -0.3 is 5.11 Å². The third-order valence-electron chi connectivity index (χ3n) is 3.46. The van der Waals surface area contributed by atoms with Crippen molar-refractivity contribution < 1.29 is 13.5 Å². The molecular weight excluding hydrogens is 288 g/mol. The van der Waals surface area contributed by atoms with E-state index in [1.165, 1.54) is 0 Å². The molecular formula is C15H20N2O3S. The fourth-order valence-electron chi connectivity index (χ4n) is 2.16. The largest absolute Gasteiger partial charge is 0.393 e. The van der Waals surface area contributed by atoms with Crippen LogP contribution in [0.3, 0.4) is 0 Å². The van der Waals surface area contributed by atoms with Crippen LogP contribution in [0.15, 0.2) is 35.4 Å². The van der Waals surface area contributed by atoms with E-state index in [2.05, 4.69) is 9.71 Å². The van der Waals surface area contributed by atoms with Crippen molar-refractivity contribution in [2.24, 2.45) is 0 Å². The number of aliphatic hydroxyl groups is 1. The number of sulfonamides is 1. The van der Waals surface area contributed by atoms with Gasteiger partial charge in [-0.05, 0) is 43.5 Å². The molecule has 0 saturated heterocycles. The lowest BCUT2D eigenvalue weighted by Gasteiger charge is -2.12. The van der Waals surface area contributed by atoms with Crippen LogP contribution in [0.25, 0.3) is 10.9 Å². The number of nitrogens with one attached hydrogen (secondary N) is 1. The number of benzene rings is 1. The second kappa shape index (κ2) is 6.51. The summed E-state index contributed by atoms with van der Waals surface area (Å²) in [7, 11) is -3.61. The Labute approximate surface area is 125 Å². The molecule has 0 spiro atoms. The standard InChI is InChI=1S/C15H20N2O3S/c1-3-12(18)8-10-17-21(19,20)14-7-6-11(2)15-13(14)5-4-9-16-15/h4-7,9,12,17-18H,3,8,10H2,1-2H3. The van der Waals surface area contributed by atoms with Crippen molar-refractivity contribution in [2.45, 2.75) is 37.7 Å². The van der Waals surface area contributed by atoms with E-state index < -0.39 is 16.1 Å². The molecule has 0 radical (unpaired) electrons. The van der Waals surface area contributed by atoms with Gasteiger partial charge in [0.05, 0.1) is 16.5 Å². The van der Waals surface area contributed by atoms with E-state index in [0.29, 0.717) is 23.7 Å². The smallest absolute Gasteiger partial charge is 0.241 e. The lowest BCUT2D eigenvalue weighted by atomic mass is 10.1. The van der Waals surface area contributed by atoms with E-state index in [-0.39, 0.29) is 11.4 Å². The topological polar surface area (TPSA) is 79.3 Å². The Balaban J connectivity index is 2.31. The van der Waals surface area contributed by atoms with Gasteiger partial charge in [-0.3, -0.25) is 4.98 Å². The van der Waals surface area contributed by atoms with Crippen molar-refractivity contribution in [1.29, 1.82) is 0 Å². The Morgan fingerprint density at radius 1 is 1.33 bits per heavy atom. The third-order valence-corrected chi connectivity index (χ3v) is 4.98. The number of fused-ring (bicyclic) bond motifs is 1. The summed E-state index contributed by atoms with van der Waals surface area (Å²) in [6.07, 6.45) is 2.18. The van der Waals surface area contributed by atoms with Crippen molar-refractivity contribution in [1.82, 2.24) is 9.71 Å². The summed E-state index contributed by atoms with van der Waals surface area (Å²) >= 11 is 0. The van der Waals surface area contributed by atoms with Crippen LogP contribution in [0.2, 0.25) is 0 Å². The average molecular weight is 308 g/mol. The summed E-state index contributed by atoms with van der Waals surface area (Å²) in [5.74, 6) is 0. The first-order valence-corrected chi connectivity index (χ1v) is 8.46. The first-order chi connectivity index (χ1) is 9.95. The van der Waals surface area contributed by atoms with Crippen LogP contribution in [0, 0.1) is 6.92 Å². The van der Waals surface area contributed by atoms with Gasteiger partial charge in [0.1, 0.15) is 0 Å². The van der Waals surface area contributed by atoms with Crippen LogP contribution in [-0.4, -0.2) is 31.2 Å². The van der Waals surface area contributed by atoms with E-state index in [0.717, 1.165) is 5.56 Å². The SMILES string of the molecule is CCC(O)CCNS(=O)(=O)c1ccc(C)c2ncccc12. The van der Waals surface area contributed by atoms with Gasteiger partial charge in [-0.25, -0.2) is 13.1 Å². The second-order valence-electron chi connectivity index (χ2n) is 5.03. The Morgan fingerprint density at radius 2 is 2.10 bits per heavy atom. The highest BCUT2D eigenvalue weighted by Gasteiger charge is 2.18. The van der Waals surface area contributed by atoms with Gasteiger partial charge in [0.15, 0.2) is 0 Å². The molecule has 0 aliphatic rings. The number of rotatable bonds is 6. The molecule has 0 aliphatic carbocycles. The van der Waals surface area contributed by atoms with Crippen molar-refractivity contribution in [3.63, 3.8) is 0 Å². The molecule has 0 fully saturated rings. The fraction of sp³-hybridized carbons (Fsp3) is 0.400. The zero-order valence-electron chi connectivity index (χ0n) is 12.2. The molecule has 114 valence electrons. The minimum atomic E-state index is -3.61. The van der Waals surface area contributed by atoms with Gasteiger partial charge in [0, 0.05) is 18.1 Å². The average Bonchev–Trinajstić information content (AvgIpc) is 2.47. The number of aliphatic hydroxyl groups excluding tert-OH is 1. The molecule has 1 aromatic carbocycles. The molecule has 1 aromatic heterocycles. The van der Waals surface area contributed by atoms with Gasteiger partial charge >= 0.3 is 0 Å². The number of aryl methyl sites for hydroxylation is 1. The van der Waals surface area contributed by atoms with E-state index >= 15 is 0 Å². The molecule has 5 nitrogen and oxygen atoms in total. The maximum absolute atomic E-state index is 12.4. The summed E-state index contributed by atoms with van der Waals surface area (Å²) in [5.41, 5.74) is 1.62. The summed E-state index contributed by atoms with van der Waals surface area (Å²) < 4.78 is 27.4.